The molecule has 6 heteroatoms. The second-order valence-corrected chi connectivity index (χ2v) is 3.76. The van der Waals surface area contributed by atoms with E-state index in [1.807, 2.05) is 0 Å². The van der Waals surface area contributed by atoms with Crippen LogP contribution in [0.4, 0.5) is 24.5 Å². The van der Waals surface area contributed by atoms with Gasteiger partial charge < -0.3 is 11.1 Å². The number of anilines is 2. The van der Waals surface area contributed by atoms with Crippen LogP contribution in [-0.2, 0) is 0 Å². The van der Waals surface area contributed by atoms with Gasteiger partial charge in [-0.15, -0.1) is 0 Å². The van der Waals surface area contributed by atoms with Crippen molar-refractivity contribution in [3.8, 4) is 0 Å². The first-order valence-corrected chi connectivity index (χ1v) is 5.30. The van der Waals surface area contributed by atoms with E-state index in [1.54, 1.807) is 12.1 Å². The van der Waals surface area contributed by atoms with E-state index in [-0.39, 0.29) is 11.4 Å². The number of nitrogen functional groups attached to an aromatic ring is 1. The highest BCUT2D eigenvalue weighted by atomic mass is 19.2. The summed E-state index contributed by atoms with van der Waals surface area (Å²) in [5, 5.41) is 2.32. The Bertz CT molecular complexity index is 644. The average Bonchev–Trinajstić information content (AvgIpc) is 2.39. The Hall–Kier alpha value is -2.50. The van der Waals surface area contributed by atoms with Gasteiger partial charge in [0.15, 0.2) is 17.5 Å². The second-order valence-electron chi connectivity index (χ2n) is 3.76. The molecule has 3 nitrogen and oxygen atoms in total. The van der Waals surface area contributed by atoms with Crippen molar-refractivity contribution < 1.29 is 18.0 Å². The number of rotatable bonds is 2. The molecule has 0 aliphatic carbocycles. The van der Waals surface area contributed by atoms with Crippen LogP contribution in [0.1, 0.15) is 10.4 Å². The monoisotopic (exact) mass is 266 g/mol. The molecule has 98 valence electrons. The van der Waals surface area contributed by atoms with E-state index >= 15 is 0 Å². The molecular weight excluding hydrogens is 257 g/mol. The normalized spacial score (nSPS) is 10.3. The zero-order valence-corrected chi connectivity index (χ0v) is 9.58. The Kier molecular flexibility index (Phi) is 3.41. The van der Waals surface area contributed by atoms with Gasteiger partial charge in [-0.1, -0.05) is 12.1 Å². The molecule has 3 N–H and O–H groups in total. The minimum Gasteiger partial charge on any atom is -0.397 e. The molecule has 0 fully saturated rings. The Balaban J connectivity index is 2.31. The van der Waals surface area contributed by atoms with Crippen molar-refractivity contribution in [2.45, 2.75) is 0 Å². The maximum atomic E-state index is 13.4. The molecule has 1 amide bonds. The van der Waals surface area contributed by atoms with Crippen molar-refractivity contribution in [1.82, 2.24) is 0 Å². The lowest BCUT2D eigenvalue weighted by molar-refractivity contribution is 0.102. The fourth-order valence-corrected chi connectivity index (χ4v) is 1.50. The SMILES string of the molecule is Nc1ccccc1NC(=O)c1ccc(F)c(F)c1F. The van der Waals surface area contributed by atoms with Gasteiger partial charge in [-0.3, -0.25) is 4.79 Å². The number of carbonyl (C=O) groups excluding carboxylic acids is 1. The number of hydrogen-bond acceptors (Lipinski definition) is 2. The summed E-state index contributed by atoms with van der Waals surface area (Å²) in [6, 6.07) is 7.86. The number of nitrogens with two attached hydrogens (primary N) is 1. The Morgan fingerprint density at radius 2 is 1.68 bits per heavy atom. The van der Waals surface area contributed by atoms with E-state index < -0.39 is 28.9 Å². The van der Waals surface area contributed by atoms with E-state index in [9.17, 15) is 18.0 Å². The molecule has 0 heterocycles. The molecule has 0 aliphatic heterocycles. The van der Waals surface area contributed by atoms with Crippen LogP contribution in [0.2, 0.25) is 0 Å². The topological polar surface area (TPSA) is 55.1 Å². The van der Waals surface area contributed by atoms with Crippen LogP contribution in [0.5, 0.6) is 0 Å². The molecule has 2 aromatic rings. The quantitative estimate of drug-likeness (QED) is 0.648. The van der Waals surface area contributed by atoms with E-state index in [0.29, 0.717) is 6.07 Å². The van der Waals surface area contributed by atoms with Gasteiger partial charge in [0.2, 0.25) is 0 Å². The zero-order chi connectivity index (χ0) is 14.0. The number of amides is 1. The summed E-state index contributed by atoms with van der Waals surface area (Å²) < 4.78 is 39.2. The lowest BCUT2D eigenvalue weighted by Gasteiger charge is -2.08. The summed E-state index contributed by atoms with van der Waals surface area (Å²) >= 11 is 0. The predicted octanol–water partition coefficient (Wildman–Crippen LogP) is 2.94. The third-order valence-electron chi connectivity index (χ3n) is 2.49. The van der Waals surface area contributed by atoms with Crippen LogP contribution in [0.3, 0.4) is 0 Å². The second kappa shape index (κ2) is 5.01. The van der Waals surface area contributed by atoms with Gasteiger partial charge in [-0.2, -0.15) is 0 Å². The molecule has 0 atom stereocenters. The molecule has 0 saturated carbocycles. The Morgan fingerprint density at radius 3 is 2.37 bits per heavy atom. The molecule has 0 aromatic heterocycles. The minimum atomic E-state index is -1.69. The number of nitrogens with one attached hydrogen (secondary N) is 1. The van der Waals surface area contributed by atoms with Gasteiger partial charge in [0.05, 0.1) is 16.9 Å². The third kappa shape index (κ3) is 2.52. The third-order valence-corrected chi connectivity index (χ3v) is 2.49. The summed E-state index contributed by atoms with van der Waals surface area (Å²) in [6.07, 6.45) is 0. The molecule has 0 spiro atoms. The molecule has 2 rings (SSSR count). The van der Waals surface area contributed by atoms with Gasteiger partial charge >= 0.3 is 0 Å². The van der Waals surface area contributed by atoms with Gasteiger partial charge in [0, 0.05) is 0 Å². The maximum Gasteiger partial charge on any atom is 0.258 e. The first kappa shape index (κ1) is 12.9. The minimum absolute atomic E-state index is 0.261. The summed E-state index contributed by atoms with van der Waals surface area (Å²) in [6.45, 7) is 0. The van der Waals surface area contributed by atoms with Gasteiger partial charge in [-0.25, -0.2) is 13.2 Å². The lowest BCUT2D eigenvalue weighted by Crippen LogP contribution is -2.16. The van der Waals surface area contributed by atoms with E-state index in [0.717, 1.165) is 6.07 Å². The van der Waals surface area contributed by atoms with Crippen LogP contribution < -0.4 is 11.1 Å². The van der Waals surface area contributed by atoms with Crippen molar-refractivity contribution in [2.24, 2.45) is 0 Å². The number of hydrogen-bond donors (Lipinski definition) is 2. The number of benzene rings is 2. The van der Waals surface area contributed by atoms with Crippen LogP contribution in [0.15, 0.2) is 36.4 Å². The van der Waals surface area contributed by atoms with E-state index in [4.69, 9.17) is 5.73 Å². The Morgan fingerprint density at radius 1 is 1.00 bits per heavy atom. The van der Waals surface area contributed by atoms with Gasteiger partial charge in [0.25, 0.3) is 5.91 Å². The maximum absolute atomic E-state index is 13.4. The van der Waals surface area contributed by atoms with Gasteiger partial charge in [-0.05, 0) is 24.3 Å². The van der Waals surface area contributed by atoms with E-state index in [2.05, 4.69) is 5.32 Å². The summed E-state index contributed by atoms with van der Waals surface area (Å²) in [7, 11) is 0. The largest absolute Gasteiger partial charge is 0.397 e. The molecule has 19 heavy (non-hydrogen) atoms. The highest BCUT2D eigenvalue weighted by Crippen LogP contribution is 2.20. The predicted molar refractivity (Wildman–Crippen MR) is 65.1 cm³/mol. The summed E-state index contributed by atoms with van der Waals surface area (Å²) in [4.78, 5) is 11.8. The lowest BCUT2D eigenvalue weighted by atomic mass is 10.1. The first-order chi connectivity index (χ1) is 9.00. The fourth-order valence-electron chi connectivity index (χ4n) is 1.50. The summed E-state index contributed by atoms with van der Waals surface area (Å²) in [5.41, 5.74) is 5.54. The highest BCUT2D eigenvalue weighted by Gasteiger charge is 2.19. The van der Waals surface area contributed by atoms with Crippen molar-refractivity contribution in [3.63, 3.8) is 0 Å². The van der Waals surface area contributed by atoms with E-state index in [1.165, 1.54) is 12.1 Å². The van der Waals surface area contributed by atoms with Crippen LogP contribution in [0, 0.1) is 17.5 Å². The molecule has 0 bridgehead atoms. The van der Waals surface area contributed by atoms with Crippen LogP contribution in [-0.4, -0.2) is 5.91 Å². The molecular formula is C13H9F3N2O. The number of halogens is 3. The standard InChI is InChI=1S/C13H9F3N2O/c14-8-6-5-7(11(15)12(8)16)13(19)18-10-4-2-1-3-9(10)17/h1-6H,17H2,(H,18,19). The molecule has 0 radical (unpaired) electrons. The van der Waals surface area contributed by atoms with Crippen molar-refractivity contribution in [1.29, 1.82) is 0 Å². The zero-order valence-electron chi connectivity index (χ0n) is 9.58. The molecule has 2 aromatic carbocycles. The number of carbonyl (C=O) groups is 1. The smallest absolute Gasteiger partial charge is 0.258 e. The average molecular weight is 266 g/mol. The van der Waals surface area contributed by atoms with Crippen molar-refractivity contribution in [3.05, 3.63) is 59.4 Å². The van der Waals surface area contributed by atoms with Gasteiger partial charge in [0.1, 0.15) is 0 Å². The highest BCUT2D eigenvalue weighted by molar-refractivity contribution is 6.05. The molecule has 0 saturated heterocycles. The number of para-hydroxylation sites is 2. The summed E-state index contributed by atoms with van der Waals surface area (Å²) in [5.74, 6) is -5.48. The van der Waals surface area contributed by atoms with Crippen molar-refractivity contribution >= 4 is 17.3 Å². The Labute approximate surface area is 106 Å². The van der Waals surface area contributed by atoms with Crippen LogP contribution in [0.25, 0.3) is 0 Å². The molecule has 0 aliphatic rings. The fraction of sp³-hybridized carbons (Fsp3) is 0. The molecule has 0 unspecified atom stereocenters. The van der Waals surface area contributed by atoms with Crippen molar-refractivity contribution in [2.75, 3.05) is 11.1 Å². The first-order valence-electron chi connectivity index (χ1n) is 5.30. The van der Waals surface area contributed by atoms with Crippen LogP contribution >= 0.6 is 0 Å².